The molecule has 6 heteroatoms. The molecule has 0 saturated carbocycles. The first kappa shape index (κ1) is 17.7. The molecule has 134 valence electrons. The van der Waals surface area contributed by atoms with E-state index in [2.05, 4.69) is 0 Å². The molecule has 3 rings (SSSR count). The third-order valence-corrected chi connectivity index (χ3v) is 4.60. The average Bonchev–Trinajstić information content (AvgIpc) is 3.02. The molecular weight excluding hydrogens is 332 g/mol. The maximum atomic E-state index is 12.8. The van der Waals surface area contributed by atoms with Crippen LogP contribution in [0.1, 0.15) is 32.7 Å². The van der Waals surface area contributed by atoms with Gasteiger partial charge in [-0.3, -0.25) is 9.59 Å². The summed E-state index contributed by atoms with van der Waals surface area (Å²) in [7, 11) is 1.59. The summed E-state index contributed by atoms with van der Waals surface area (Å²) in [5, 5.41) is 9.18. The Labute approximate surface area is 151 Å². The number of benzene rings is 2. The molecular formula is C20H20N2O4. The standard InChI is InChI=1S/C20H20N2O4/c1-13-10-14(12-15(11-13)20(25)26)18(23)21(2)17-8-9-22(19(17)24)16-6-4-3-5-7-16/h3-7,10-12,17H,8-9H2,1-2H3,(H,25,26). The normalized spacial score (nSPS) is 16.6. The van der Waals surface area contributed by atoms with Crippen molar-refractivity contribution in [3.8, 4) is 0 Å². The summed E-state index contributed by atoms with van der Waals surface area (Å²) in [6.07, 6.45) is 0.535. The van der Waals surface area contributed by atoms with Gasteiger partial charge in [-0.2, -0.15) is 0 Å². The van der Waals surface area contributed by atoms with E-state index in [9.17, 15) is 19.5 Å². The first-order valence-corrected chi connectivity index (χ1v) is 8.37. The summed E-state index contributed by atoms with van der Waals surface area (Å²) in [5.74, 6) is -1.57. The van der Waals surface area contributed by atoms with E-state index in [1.807, 2.05) is 30.3 Å². The number of hydrogen-bond acceptors (Lipinski definition) is 3. The van der Waals surface area contributed by atoms with Gasteiger partial charge in [0.25, 0.3) is 5.91 Å². The van der Waals surface area contributed by atoms with Gasteiger partial charge in [-0.1, -0.05) is 18.2 Å². The van der Waals surface area contributed by atoms with Gasteiger partial charge in [0, 0.05) is 24.8 Å². The van der Waals surface area contributed by atoms with Crippen LogP contribution in [-0.2, 0) is 4.79 Å². The summed E-state index contributed by atoms with van der Waals surface area (Å²) < 4.78 is 0. The van der Waals surface area contributed by atoms with E-state index in [4.69, 9.17) is 0 Å². The minimum atomic E-state index is -1.09. The Morgan fingerprint density at radius 1 is 1.12 bits per heavy atom. The number of aromatic carboxylic acids is 1. The van der Waals surface area contributed by atoms with E-state index in [1.165, 1.54) is 17.0 Å². The van der Waals surface area contributed by atoms with E-state index < -0.39 is 12.0 Å². The van der Waals surface area contributed by atoms with Gasteiger partial charge < -0.3 is 14.9 Å². The van der Waals surface area contributed by atoms with Gasteiger partial charge in [0.05, 0.1) is 5.56 Å². The molecule has 1 saturated heterocycles. The lowest BCUT2D eigenvalue weighted by Crippen LogP contribution is -2.43. The Bertz CT molecular complexity index is 863. The van der Waals surface area contributed by atoms with Crippen molar-refractivity contribution in [3.63, 3.8) is 0 Å². The lowest BCUT2D eigenvalue weighted by Gasteiger charge is -2.24. The second-order valence-corrected chi connectivity index (χ2v) is 6.44. The van der Waals surface area contributed by atoms with Gasteiger partial charge in [-0.25, -0.2) is 4.79 Å². The molecule has 1 atom stereocenters. The van der Waals surface area contributed by atoms with Gasteiger partial charge in [-0.15, -0.1) is 0 Å². The number of carbonyl (C=O) groups is 3. The Kier molecular flexibility index (Phi) is 4.75. The van der Waals surface area contributed by atoms with Crippen LogP contribution in [0.5, 0.6) is 0 Å². The highest BCUT2D eigenvalue weighted by Crippen LogP contribution is 2.24. The number of rotatable bonds is 4. The number of aryl methyl sites for hydroxylation is 1. The molecule has 0 aromatic heterocycles. The molecule has 0 bridgehead atoms. The maximum Gasteiger partial charge on any atom is 0.335 e. The topological polar surface area (TPSA) is 77.9 Å². The molecule has 0 radical (unpaired) electrons. The number of carbonyl (C=O) groups excluding carboxylic acids is 2. The first-order valence-electron chi connectivity index (χ1n) is 8.37. The number of amides is 2. The van der Waals surface area contributed by atoms with E-state index >= 15 is 0 Å². The second-order valence-electron chi connectivity index (χ2n) is 6.44. The Morgan fingerprint density at radius 3 is 2.42 bits per heavy atom. The van der Waals surface area contributed by atoms with E-state index in [-0.39, 0.29) is 22.9 Å². The Hall–Kier alpha value is -3.15. The summed E-state index contributed by atoms with van der Waals surface area (Å²) in [5.41, 5.74) is 1.83. The van der Waals surface area contributed by atoms with Crippen LogP contribution in [0.25, 0.3) is 0 Å². The van der Waals surface area contributed by atoms with Crippen molar-refractivity contribution >= 4 is 23.5 Å². The summed E-state index contributed by atoms with van der Waals surface area (Å²) in [6, 6.07) is 13.3. The van der Waals surface area contributed by atoms with Crippen LogP contribution in [0, 0.1) is 6.92 Å². The molecule has 6 nitrogen and oxygen atoms in total. The van der Waals surface area contributed by atoms with Crippen molar-refractivity contribution in [2.45, 2.75) is 19.4 Å². The quantitative estimate of drug-likeness (QED) is 0.917. The lowest BCUT2D eigenvalue weighted by molar-refractivity contribution is -0.120. The number of hydrogen-bond donors (Lipinski definition) is 1. The molecule has 1 aliphatic rings. The van der Waals surface area contributed by atoms with Gasteiger partial charge in [0.2, 0.25) is 5.91 Å². The molecule has 0 spiro atoms. The van der Waals surface area contributed by atoms with Crippen molar-refractivity contribution in [2.24, 2.45) is 0 Å². The lowest BCUT2D eigenvalue weighted by atomic mass is 10.0. The minimum Gasteiger partial charge on any atom is -0.478 e. The predicted molar refractivity (Wildman–Crippen MR) is 97.4 cm³/mol. The minimum absolute atomic E-state index is 0.0606. The fourth-order valence-corrected chi connectivity index (χ4v) is 3.26. The largest absolute Gasteiger partial charge is 0.478 e. The Balaban J connectivity index is 1.81. The van der Waals surface area contributed by atoms with Crippen LogP contribution in [0.4, 0.5) is 5.69 Å². The molecule has 2 aromatic carbocycles. The number of para-hydroxylation sites is 1. The van der Waals surface area contributed by atoms with Crippen LogP contribution < -0.4 is 4.90 Å². The SMILES string of the molecule is Cc1cc(C(=O)O)cc(C(=O)N(C)C2CCN(c3ccccc3)C2=O)c1. The molecule has 2 aromatic rings. The summed E-state index contributed by atoms with van der Waals surface area (Å²) in [6.45, 7) is 2.28. The zero-order chi connectivity index (χ0) is 18.8. The van der Waals surface area contributed by atoms with Gasteiger partial charge in [0.15, 0.2) is 0 Å². The number of anilines is 1. The molecule has 1 fully saturated rings. The van der Waals surface area contributed by atoms with Crippen molar-refractivity contribution in [3.05, 3.63) is 65.2 Å². The monoisotopic (exact) mass is 352 g/mol. The average molecular weight is 352 g/mol. The smallest absolute Gasteiger partial charge is 0.335 e. The van der Waals surface area contributed by atoms with Crippen LogP contribution in [0.3, 0.4) is 0 Å². The molecule has 1 N–H and O–H groups in total. The highest BCUT2D eigenvalue weighted by Gasteiger charge is 2.37. The van der Waals surface area contributed by atoms with E-state index in [1.54, 1.807) is 24.9 Å². The van der Waals surface area contributed by atoms with E-state index in [0.717, 1.165) is 5.69 Å². The zero-order valence-electron chi connectivity index (χ0n) is 14.7. The van der Waals surface area contributed by atoms with Gasteiger partial charge in [-0.05, 0) is 49.2 Å². The van der Waals surface area contributed by atoms with Crippen LogP contribution in [0.15, 0.2) is 48.5 Å². The molecule has 26 heavy (non-hydrogen) atoms. The number of likely N-dealkylation sites (N-methyl/N-ethyl adjacent to an activating group) is 1. The highest BCUT2D eigenvalue weighted by molar-refractivity contribution is 6.04. The van der Waals surface area contributed by atoms with E-state index in [0.29, 0.717) is 18.5 Å². The van der Waals surface area contributed by atoms with Crippen molar-refractivity contribution < 1.29 is 19.5 Å². The molecule has 1 aliphatic heterocycles. The Morgan fingerprint density at radius 2 is 1.77 bits per heavy atom. The summed E-state index contributed by atoms with van der Waals surface area (Å²) in [4.78, 5) is 39.9. The number of carboxylic acid groups (broad SMARTS) is 1. The van der Waals surface area contributed by atoms with Crippen molar-refractivity contribution in [1.29, 1.82) is 0 Å². The fourth-order valence-electron chi connectivity index (χ4n) is 3.26. The van der Waals surface area contributed by atoms with Crippen LogP contribution >= 0.6 is 0 Å². The fraction of sp³-hybridized carbons (Fsp3) is 0.250. The third kappa shape index (κ3) is 3.31. The molecule has 1 unspecified atom stereocenters. The van der Waals surface area contributed by atoms with Crippen LogP contribution in [0.2, 0.25) is 0 Å². The van der Waals surface area contributed by atoms with Crippen molar-refractivity contribution in [1.82, 2.24) is 4.90 Å². The second kappa shape index (κ2) is 7.00. The molecule has 0 aliphatic carbocycles. The number of carboxylic acids is 1. The van der Waals surface area contributed by atoms with Gasteiger partial charge >= 0.3 is 5.97 Å². The highest BCUT2D eigenvalue weighted by atomic mass is 16.4. The predicted octanol–water partition coefficient (Wildman–Crippen LogP) is 2.57. The zero-order valence-corrected chi connectivity index (χ0v) is 14.7. The summed E-state index contributed by atoms with van der Waals surface area (Å²) >= 11 is 0. The van der Waals surface area contributed by atoms with Gasteiger partial charge in [0.1, 0.15) is 6.04 Å². The van der Waals surface area contributed by atoms with Crippen LogP contribution in [-0.4, -0.2) is 47.4 Å². The first-order chi connectivity index (χ1) is 12.4. The number of nitrogens with zero attached hydrogens (tertiary/aromatic N) is 2. The van der Waals surface area contributed by atoms with Crippen molar-refractivity contribution in [2.75, 3.05) is 18.5 Å². The molecule has 2 amide bonds. The maximum absolute atomic E-state index is 12.8. The molecule has 1 heterocycles. The third-order valence-electron chi connectivity index (χ3n) is 4.60.